The number of aromatic nitrogens is 1. The molecule has 1 unspecified atom stereocenters. The van der Waals surface area contributed by atoms with Crippen LogP contribution in [0, 0.1) is 12.8 Å². The highest BCUT2D eigenvalue weighted by molar-refractivity contribution is 5.43. The third-order valence-corrected chi connectivity index (χ3v) is 4.19. The van der Waals surface area contributed by atoms with Crippen LogP contribution >= 0.6 is 0 Å². The van der Waals surface area contributed by atoms with E-state index in [-0.39, 0.29) is 0 Å². The highest BCUT2D eigenvalue weighted by Crippen LogP contribution is 2.26. The molecule has 1 fully saturated rings. The van der Waals surface area contributed by atoms with Gasteiger partial charge in [-0.3, -0.25) is 0 Å². The van der Waals surface area contributed by atoms with Gasteiger partial charge in [-0.1, -0.05) is 26.8 Å². The Morgan fingerprint density at radius 3 is 2.85 bits per heavy atom. The van der Waals surface area contributed by atoms with Crippen molar-refractivity contribution in [2.75, 3.05) is 18.0 Å². The lowest BCUT2D eigenvalue weighted by Gasteiger charge is -2.25. The molecule has 2 rings (SSSR count). The van der Waals surface area contributed by atoms with Gasteiger partial charge in [0.2, 0.25) is 0 Å². The number of hydrogen-bond donors (Lipinski definition) is 1. The molecule has 1 aliphatic heterocycles. The second kappa shape index (κ2) is 7.07. The van der Waals surface area contributed by atoms with E-state index in [1.165, 1.54) is 36.3 Å². The molecule has 1 aromatic rings. The van der Waals surface area contributed by atoms with E-state index < -0.39 is 0 Å². The van der Waals surface area contributed by atoms with Crippen LogP contribution in [-0.4, -0.2) is 24.1 Å². The predicted molar refractivity (Wildman–Crippen MR) is 86.2 cm³/mol. The number of hydrogen-bond acceptors (Lipinski definition) is 3. The third kappa shape index (κ3) is 3.72. The molecule has 2 heterocycles. The molecular weight excluding hydrogens is 246 g/mol. The molecule has 1 aromatic heterocycles. The summed E-state index contributed by atoms with van der Waals surface area (Å²) in [6, 6.07) is 5.13. The van der Waals surface area contributed by atoms with E-state index in [4.69, 9.17) is 4.98 Å². The average molecular weight is 275 g/mol. The molecule has 112 valence electrons. The van der Waals surface area contributed by atoms with Crippen LogP contribution in [0.1, 0.15) is 51.3 Å². The molecule has 0 bridgehead atoms. The van der Waals surface area contributed by atoms with Crippen LogP contribution in [0.15, 0.2) is 12.1 Å². The van der Waals surface area contributed by atoms with Crippen LogP contribution in [0.25, 0.3) is 0 Å². The van der Waals surface area contributed by atoms with Gasteiger partial charge in [0, 0.05) is 24.8 Å². The summed E-state index contributed by atoms with van der Waals surface area (Å²) in [5.41, 5.74) is 2.49. The highest BCUT2D eigenvalue weighted by Gasteiger charge is 2.24. The number of aryl methyl sites for hydroxylation is 1. The van der Waals surface area contributed by atoms with Crippen molar-refractivity contribution in [2.45, 2.75) is 59.5 Å². The van der Waals surface area contributed by atoms with E-state index in [0.717, 1.165) is 19.6 Å². The molecule has 1 atom stereocenters. The zero-order chi connectivity index (χ0) is 14.5. The van der Waals surface area contributed by atoms with E-state index in [9.17, 15) is 0 Å². The lowest BCUT2D eigenvalue weighted by Crippen LogP contribution is -2.29. The van der Waals surface area contributed by atoms with Crippen molar-refractivity contribution >= 4 is 5.82 Å². The summed E-state index contributed by atoms with van der Waals surface area (Å²) < 4.78 is 0. The molecule has 0 spiro atoms. The van der Waals surface area contributed by atoms with Gasteiger partial charge in [0.15, 0.2) is 0 Å². The maximum absolute atomic E-state index is 4.84. The summed E-state index contributed by atoms with van der Waals surface area (Å²) >= 11 is 0. The Balaban J connectivity index is 2.02. The first-order chi connectivity index (χ1) is 9.61. The molecule has 3 nitrogen and oxygen atoms in total. The lowest BCUT2D eigenvalue weighted by molar-refractivity contribution is 0.550. The summed E-state index contributed by atoms with van der Waals surface area (Å²) in [7, 11) is 0. The van der Waals surface area contributed by atoms with Crippen LogP contribution in [-0.2, 0) is 6.54 Å². The minimum Gasteiger partial charge on any atom is -0.354 e. The predicted octanol–water partition coefficient (Wildman–Crippen LogP) is 3.51. The van der Waals surface area contributed by atoms with E-state index in [0.29, 0.717) is 12.0 Å². The highest BCUT2D eigenvalue weighted by atomic mass is 15.2. The fraction of sp³-hybridized carbons (Fsp3) is 0.706. The Morgan fingerprint density at radius 2 is 2.20 bits per heavy atom. The van der Waals surface area contributed by atoms with Crippen LogP contribution in [0.2, 0.25) is 0 Å². The van der Waals surface area contributed by atoms with Crippen LogP contribution in [0.4, 0.5) is 5.82 Å². The van der Waals surface area contributed by atoms with Gasteiger partial charge in [0.1, 0.15) is 5.82 Å². The van der Waals surface area contributed by atoms with Gasteiger partial charge in [0.25, 0.3) is 0 Å². The zero-order valence-corrected chi connectivity index (χ0v) is 13.4. The molecule has 0 saturated carbocycles. The van der Waals surface area contributed by atoms with Crippen molar-refractivity contribution in [1.82, 2.24) is 10.3 Å². The molecule has 0 radical (unpaired) electrons. The van der Waals surface area contributed by atoms with E-state index in [2.05, 4.69) is 50.0 Å². The minimum absolute atomic E-state index is 0.687. The molecule has 0 aliphatic carbocycles. The molecule has 0 amide bonds. The van der Waals surface area contributed by atoms with Crippen LogP contribution < -0.4 is 10.2 Å². The molecular formula is C17H29N3. The summed E-state index contributed by atoms with van der Waals surface area (Å²) in [5, 5.41) is 3.50. The van der Waals surface area contributed by atoms with Gasteiger partial charge >= 0.3 is 0 Å². The lowest BCUT2D eigenvalue weighted by atomic mass is 10.1. The number of nitrogens with one attached hydrogen (secondary N) is 1. The minimum atomic E-state index is 0.687. The first kappa shape index (κ1) is 15.3. The Labute approximate surface area is 123 Å². The topological polar surface area (TPSA) is 28.2 Å². The van der Waals surface area contributed by atoms with E-state index >= 15 is 0 Å². The average Bonchev–Trinajstić information content (AvgIpc) is 2.88. The van der Waals surface area contributed by atoms with E-state index in [1.54, 1.807) is 0 Å². The number of anilines is 1. The standard InChI is InChI=1S/C17H29N3/c1-5-16-7-6-10-20(16)17-9-8-15(14(4)19-17)12-18-11-13(2)3/h8-9,13,16,18H,5-7,10-12H2,1-4H3. The number of pyridine rings is 1. The van der Waals surface area contributed by atoms with Crippen molar-refractivity contribution in [3.05, 3.63) is 23.4 Å². The molecule has 20 heavy (non-hydrogen) atoms. The Morgan fingerprint density at radius 1 is 1.40 bits per heavy atom. The Hall–Kier alpha value is -1.09. The molecule has 0 aromatic carbocycles. The number of rotatable bonds is 6. The summed E-state index contributed by atoms with van der Waals surface area (Å²) in [4.78, 5) is 7.32. The molecule has 1 N–H and O–H groups in total. The zero-order valence-electron chi connectivity index (χ0n) is 13.4. The fourth-order valence-corrected chi connectivity index (χ4v) is 2.98. The fourth-order valence-electron chi connectivity index (χ4n) is 2.98. The Kier molecular flexibility index (Phi) is 5.41. The van der Waals surface area contributed by atoms with Gasteiger partial charge in [0.05, 0.1) is 0 Å². The molecule has 1 aliphatic rings. The quantitative estimate of drug-likeness (QED) is 0.861. The monoisotopic (exact) mass is 275 g/mol. The maximum Gasteiger partial charge on any atom is 0.129 e. The number of nitrogens with zero attached hydrogens (tertiary/aromatic N) is 2. The SMILES string of the molecule is CCC1CCCN1c1ccc(CNCC(C)C)c(C)n1. The van der Waals surface area contributed by atoms with Gasteiger partial charge in [-0.05, 0) is 50.3 Å². The first-order valence-corrected chi connectivity index (χ1v) is 8.05. The second-order valence-electron chi connectivity index (χ2n) is 6.34. The van der Waals surface area contributed by atoms with Gasteiger partial charge in [-0.15, -0.1) is 0 Å². The van der Waals surface area contributed by atoms with Gasteiger partial charge in [-0.2, -0.15) is 0 Å². The second-order valence-corrected chi connectivity index (χ2v) is 6.34. The summed E-state index contributed by atoms with van der Waals surface area (Å²) in [6.45, 7) is 12.0. The van der Waals surface area contributed by atoms with Crippen molar-refractivity contribution in [3.63, 3.8) is 0 Å². The van der Waals surface area contributed by atoms with Crippen LogP contribution in [0.5, 0.6) is 0 Å². The van der Waals surface area contributed by atoms with Crippen LogP contribution in [0.3, 0.4) is 0 Å². The van der Waals surface area contributed by atoms with Crippen molar-refractivity contribution in [3.8, 4) is 0 Å². The van der Waals surface area contributed by atoms with Crippen molar-refractivity contribution < 1.29 is 0 Å². The third-order valence-electron chi connectivity index (χ3n) is 4.19. The van der Waals surface area contributed by atoms with Crippen molar-refractivity contribution in [1.29, 1.82) is 0 Å². The van der Waals surface area contributed by atoms with Crippen molar-refractivity contribution in [2.24, 2.45) is 5.92 Å². The largest absolute Gasteiger partial charge is 0.354 e. The van der Waals surface area contributed by atoms with E-state index in [1.807, 2.05) is 0 Å². The Bertz CT molecular complexity index is 428. The summed E-state index contributed by atoms with van der Waals surface area (Å²) in [6.07, 6.45) is 3.84. The maximum atomic E-state index is 4.84. The molecule has 3 heteroatoms. The smallest absolute Gasteiger partial charge is 0.129 e. The molecule has 1 saturated heterocycles. The summed E-state index contributed by atoms with van der Waals surface area (Å²) in [5.74, 6) is 1.86. The van der Waals surface area contributed by atoms with Gasteiger partial charge < -0.3 is 10.2 Å². The first-order valence-electron chi connectivity index (χ1n) is 8.05. The van der Waals surface area contributed by atoms with Gasteiger partial charge in [-0.25, -0.2) is 4.98 Å². The normalized spacial score (nSPS) is 19.1.